The van der Waals surface area contributed by atoms with Gasteiger partial charge in [0.15, 0.2) is 17.3 Å². The Kier molecular flexibility index (Phi) is 5.39. The maximum Gasteiger partial charge on any atom is 0.251 e. The van der Waals surface area contributed by atoms with E-state index in [-0.39, 0.29) is 0 Å². The Labute approximate surface area is 144 Å². The first kappa shape index (κ1) is 17.6. The lowest BCUT2D eigenvalue weighted by atomic mass is 10.2. The highest BCUT2D eigenvalue weighted by Crippen LogP contribution is 2.26. The number of anilines is 1. The van der Waals surface area contributed by atoms with Crippen LogP contribution in [0.25, 0.3) is 0 Å². The van der Waals surface area contributed by atoms with Gasteiger partial charge < -0.3 is 14.5 Å². The summed E-state index contributed by atoms with van der Waals surface area (Å²) in [6.07, 6.45) is 3.41. The molecule has 2 fully saturated rings. The molecule has 7 nitrogen and oxygen atoms in total. The summed E-state index contributed by atoms with van der Waals surface area (Å²) in [5, 5.41) is 0. The molecule has 2 aliphatic rings. The minimum Gasteiger partial charge on any atom is -0.379 e. The van der Waals surface area contributed by atoms with Crippen LogP contribution in [0.5, 0.6) is 0 Å². The van der Waals surface area contributed by atoms with Gasteiger partial charge in [-0.25, -0.2) is 13.4 Å². The number of nitrogens with zero attached hydrogens (tertiary/aromatic N) is 2. The van der Waals surface area contributed by atoms with Gasteiger partial charge in [-0.15, -0.1) is 0 Å². The van der Waals surface area contributed by atoms with Crippen LogP contribution in [-0.4, -0.2) is 71.2 Å². The highest BCUT2D eigenvalue weighted by Gasteiger charge is 2.33. The summed E-state index contributed by atoms with van der Waals surface area (Å²) in [4.78, 5) is 7.10. The summed E-state index contributed by atoms with van der Waals surface area (Å²) in [5.41, 5.74) is 0.808. The van der Waals surface area contributed by atoms with Crippen molar-refractivity contribution in [3.8, 4) is 0 Å². The van der Waals surface area contributed by atoms with Crippen molar-refractivity contribution in [3.63, 3.8) is 0 Å². The molecule has 2 N–H and O–H groups in total. The average molecular weight is 356 g/mol. The van der Waals surface area contributed by atoms with E-state index in [9.17, 15) is 8.42 Å². The quantitative estimate of drug-likeness (QED) is 0.723. The van der Waals surface area contributed by atoms with Crippen LogP contribution >= 0.6 is 0 Å². The van der Waals surface area contributed by atoms with Gasteiger partial charge in [0, 0.05) is 19.2 Å². The van der Waals surface area contributed by atoms with Crippen LogP contribution < -0.4 is 14.8 Å². The third-order valence-electron chi connectivity index (χ3n) is 4.96. The zero-order valence-electron chi connectivity index (χ0n) is 14.5. The monoisotopic (exact) mass is 356 g/mol. The fourth-order valence-electron chi connectivity index (χ4n) is 3.41. The van der Waals surface area contributed by atoms with Crippen LogP contribution in [0.1, 0.15) is 13.8 Å². The lowest BCUT2D eigenvalue weighted by molar-refractivity contribution is -0.921. The summed E-state index contributed by atoms with van der Waals surface area (Å²) in [6.45, 7) is 10.0. The van der Waals surface area contributed by atoms with Crippen molar-refractivity contribution in [2.24, 2.45) is 0 Å². The molecule has 0 saturated carbocycles. The molecule has 3 heterocycles. The van der Waals surface area contributed by atoms with Crippen LogP contribution in [0, 0.1) is 0 Å². The Morgan fingerprint density at radius 1 is 1.17 bits per heavy atom. The molecular weight excluding hydrogens is 328 g/mol. The highest BCUT2D eigenvalue weighted by molar-refractivity contribution is 7.89. The minimum absolute atomic E-state index is 0.375. The first-order valence-electron chi connectivity index (χ1n) is 8.67. The van der Waals surface area contributed by atoms with E-state index in [1.807, 2.05) is 6.07 Å². The second-order valence-electron chi connectivity index (χ2n) is 6.71. The SMILES string of the molecule is CC(C)[NH+]1CCN(c2cc[nH+]cc2S(=O)(=O)N2CCOCC2)CC1. The van der Waals surface area contributed by atoms with Crippen LogP contribution in [-0.2, 0) is 14.8 Å². The highest BCUT2D eigenvalue weighted by atomic mass is 32.2. The van der Waals surface area contributed by atoms with E-state index >= 15 is 0 Å². The molecule has 3 rings (SSSR count). The van der Waals surface area contributed by atoms with Crippen molar-refractivity contribution in [2.75, 3.05) is 57.4 Å². The molecule has 0 aliphatic carbocycles. The summed E-state index contributed by atoms with van der Waals surface area (Å²) < 4.78 is 32.9. The van der Waals surface area contributed by atoms with E-state index < -0.39 is 10.0 Å². The van der Waals surface area contributed by atoms with Crippen molar-refractivity contribution >= 4 is 15.7 Å². The Bertz CT molecular complexity index is 651. The second-order valence-corrected chi connectivity index (χ2v) is 8.62. The topological polar surface area (TPSA) is 68.4 Å². The van der Waals surface area contributed by atoms with Gasteiger partial charge in [0.2, 0.25) is 0 Å². The van der Waals surface area contributed by atoms with Gasteiger partial charge in [-0.05, 0) is 13.8 Å². The smallest absolute Gasteiger partial charge is 0.251 e. The Hall–Kier alpha value is -1.22. The number of sulfonamides is 1. The Morgan fingerprint density at radius 2 is 1.83 bits per heavy atom. The van der Waals surface area contributed by atoms with E-state index in [0.29, 0.717) is 37.2 Å². The summed E-state index contributed by atoms with van der Waals surface area (Å²) in [6, 6.07) is 2.49. The summed E-state index contributed by atoms with van der Waals surface area (Å²) >= 11 is 0. The zero-order chi connectivity index (χ0) is 17.2. The molecule has 0 spiro atoms. The van der Waals surface area contributed by atoms with Gasteiger partial charge in [-0.3, -0.25) is 0 Å². The van der Waals surface area contributed by atoms with Crippen LogP contribution in [0.4, 0.5) is 5.69 Å². The van der Waals surface area contributed by atoms with Crippen molar-refractivity contribution in [1.29, 1.82) is 0 Å². The molecule has 0 amide bonds. The molecule has 1 aromatic heterocycles. The molecule has 2 aliphatic heterocycles. The number of hydrogen-bond donors (Lipinski definition) is 1. The van der Waals surface area contributed by atoms with Crippen molar-refractivity contribution in [3.05, 3.63) is 18.5 Å². The van der Waals surface area contributed by atoms with Gasteiger partial charge >= 0.3 is 0 Å². The number of pyridine rings is 1. The van der Waals surface area contributed by atoms with Crippen molar-refractivity contribution in [2.45, 2.75) is 24.8 Å². The molecule has 24 heavy (non-hydrogen) atoms. The lowest BCUT2D eigenvalue weighted by Crippen LogP contribution is -3.17. The molecule has 0 unspecified atom stereocenters. The number of aromatic amines is 1. The number of ether oxygens (including phenoxy) is 1. The van der Waals surface area contributed by atoms with Gasteiger partial charge in [-0.1, -0.05) is 0 Å². The predicted octanol–water partition coefficient (Wildman–Crippen LogP) is -1.37. The number of piperazine rings is 1. The Balaban J connectivity index is 1.83. The maximum atomic E-state index is 13.0. The number of quaternary nitrogens is 1. The van der Waals surface area contributed by atoms with E-state index in [2.05, 4.69) is 23.7 Å². The summed E-state index contributed by atoms with van der Waals surface area (Å²) in [5.74, 6) is 0. The third-order valence-corrected chi connectivity index (χ3v) is 6.88. The average Bonchev–Trinajstić information content (AvgIpc) is 2.62. The lowest BCUT2D eigenvalue weighted by Gasteiger charge is -2.36. The number of nitrogens with one attached hydrogen (secondary N) is 2. The summed E-state index contributed by atoms with van der Waals surface area (Å²) in [7, 11) is -3.50. The van der Waals surface area contributed by atoms with Crippen molar-refractivity contribution < 1.29 is 23.0 Å². The van der Waals surface area contributed by atoms with E-state index in [1.165, 1.54) is 4.31 Å². The van der Waals surface area contributed by atoms with Gasteiger partial charge in [0.05, 0.1) is 51.1 Å². The number of hydrogen-bond acceptors (Lipinski definition) is 4. The number of aromatic nitrogens is 1. The number of H-pyrrole nitrogens is 1. The molecule has 1 aromatic rings. The first-order valence-corrected chi connectivity index (χ1v) is 10.1. The second kappa shape index (κ2) is 7.35. The molecule has 0 atom stereocenters. The molecule has 2 saturated heterocycles. The van der Waals surface area contributed by atoms with Gasteiger partial charge in [0.25, 0.3) is 10.0 Å². The molecular formula is C16H28N4O3S+2. The van der Waals surface area contributed by atoms with Crippen LogP contribution in [0.15, 0.2) is 23.4 Å². The van der Waals surface area contributed by atoms with Crippen LogP contribution in [0.3, 0.4) is 0 Å². The van der Waals surface area contributed by atoms with E-state index in [1.54, 1.807) is 17.3 Å². The molecule has 134 valence electrons. The largest absolute Gasteiger partial charge is 0.379 e. The number of rotatable bonds is 4. The zero-order valence-corrected chi connectivity index (χ0v) is 15.3. The minimum atomic E-state index is -3.50. The number of morpholine rings is 1. The fraction of sp³-hybridized carbons (Fsp3) is 0.688. The normalized spacial score (nSPS) is 21.4. The van der Waals surface area contributed by atoms with Gasteiger partial charge in [-0.2, -0.15) is 4.31 Å². The molecule has 0 bridgehead atoms. The van der Waals surface area contributed by atoms with Crippen molar-refractivity contribution in [1.82, 2.24) is 4.31 Å². The first-order chi connectivity index (χ1) is 11.5. The van der Waals surface area contributed by atoms with Gasteiger partial charge in [0.1, 0.15) is 0 Å². The van der Waals surface area contributed by atoms with Crippen LogP contribution in [0.2, 0.25) is 0 Å². The molecule has 0 radical (unpaired) electrons. The van der Waals surface area contributed by atoms with E-state index in [4.69, 9.17) is 4.74 Å². The predicted molar refractivity (Wildman–Crippen MR) is 90.6 cm³/mol. The third kappa shape index (κ3) is 3.56. The van der Waals surface area contributed by atoms with E-state index in [0.717, 1.165) is 31.9 Å². The maximum absolute atomic E-state index is 13.0. The Morgan fingerprint density at radius 3 is 2.46 bits per heavy atom. The molecule has 0 aromatic carbocycles. The standard InChI is InChI=1S/C16H26N4O3S/c1-14(2)18-5-7-19(8-6-18)15-3-4-17-13-16(15)24(21,22)20-9-11-23-12-10-20/h3-4,13-14H,5-12H2,1-2H3/p+2. The molecule has 8 heteroatoms. The fourth-order valence-corrected chi connectivity index (χ4v) is 5.00.